The van der Waals surface area contributed by atoms with Crippen molar-refractivity contribution in [3.05, 3.63) is 77.1 Å². The van der Waals surface area contributed by atoms with Gasteiger partial charge in [0.25, 0.3) is 0 Å². The van der Waals surface area contributed by atoms with Crippen molar-refractivity contribution in [3.63, 3.8) is 0 Å². The molecule has 6 heteroatoms. The summed E-state index contributed by atoms with van der Waals surface area (Å²) in [6, 6.07) is 16.6. The second-order valence-corrected chi connectivity index (χ2v) is 7.48. The summed E-state index contributed by atoms with van der Waals surface area (Å²) in [6.45, 7) is 3.00. The second-order valence-electron chi connectivity index (χ2n) is 5.72. The number of rotatable bonds is 5. The summed E-state index contributed by atoms with van der Waals surface area (Å²) in [5.74, 6) is 0. The van der Waals surface area contributed by atoms with Gasteiger partial charge in [0, 0.05) is 40.0 Å². The molecule has 0 amide bonds. The van der Waals surface area contributed by atoms with E-state index in [0.717, 1.165) is 38.8 Å². The van der Waals surface area contributed by atoms with E-state index >= 15 is 0 Å². The largest absolute Gasteiger partial charge is 0.318 e. The molecule has 0 fully saturated rings. The average Bonchev–Trinajstić information content (AvgIpc) is 3.36. The first kappa shape index (κ1) is 17.0. The zero-order chi connectivity index (χ0) is 17.9. The van der Waals surface area contributed by atoms with Crippen molar-refractivity contribution in [2.24, 2.45) is 0 Å². The summed E-state index contributed by atoms with van der Waals surface area (Å²) in [6.07, 6.45) is 5.55. The van der Waals surface area contributed by atoms with Gasteiger partial charge in [-0.25, -0.2) is 9.97 Å². The Bertz CT molecular complexity index is 993. The molecule has 0 N–H and O–H groups in total. The Morgan fingerprint density at radius 1 is 1.12 bits per heavy atom. The highest BCUT2D eigenvalue weighted by Gasteiger charge is 2.15. The Hall–Kier alpha value is -2.44. The molecule has 4 aromatic rings. The minimum atomic E-state index is 0.859. The van der Waals surface area contributed by atoms with Crippen molar-refractivity contribution in [1.82, 2.24) is 14.5 Å². The van der Waals surface area contributed by atoms with E-state index < -0.39 is 0 Å². The van der Waals surface area contributed by atoms with E-state index in [2.05, 4.69) is 74.5 Å². The molecule has 4 rings (SSSR count). The lowest BCUT2D eigenvalue weighted by Crippen LogP contribution is -2.15. The highest BCUT2D eigenvalue weighted by atomic mass is 79.9. The van der Waals surface area contributed by atoms with Gasteiger partial charge in [-0.15, -0.1) is 11.3 Å². The van der Waals surface area contributed by atoms with Crippen LogP contribution in [0.1, 0.15) is 6.92 Å². The molecule has 4 nitrogen and oxygen atoms in total. The van der Waals surface area contributed by atoms with Gasteiger partial charge in [0.1, 0.15) is 0 Å². The molecule has 26 heavy (non-hydrogen) atoms. The number of anilines is 2. The zero-order valence-corrected chi connectivity index (χ0v) is 16.6. The maximum absolute atomic E-state index is 4.92. The Balaban J connectivity index is 1.72. The molecule has 130 valence electrons. The summed E-state index contributed by atoms with van der Waals surface area (Å²) in [5.41, 5.74) is 4.29. The summed E-state index contributed by atoms with van der Waals surface area (Å²) >= 11 is 5.16. The van der Waals surface area contributed by atoms with E-state index in [4.69, 9.17) is 4.98 Å². The molecule has 0 atom stereocenters. The number of hydrogen-bond donors (Lipinski definition) is 0. The molecule has 0 unspecified atom stereocenters. The first-order valence-corrected chi connectivity index (χ1v) is 10.00. The van der Waals surface area contributed by atoms with Gasteiger partial charge in [-0.05, 0) is 37.3 Å². The molecule has 0 saturated carbocycles. The van der Waals surface area contributed by atoms with E-state index in [-0.39, 0.29) is 0 Å². The van der Waals surface area contributed by atoms with Crippen molar-refractivity contribution in [1.29, 1.82) is 0 Å². The third-order valence-corrected chi connectivity index (χ3v) is 5.53. The van der Waals surface area contributed by atoms with Crippen LogP contribution in [0.3, 0.4) is 0 Å². The van der Waals surface area contributed by atoms with Crippen LogP contribution in [0.15, 0.2) is 77.1 Å². The van der Waals surface area contributed by atoms with Gasteiger partial charge in [0.15, 0.2) is 5.13 Å². The van der Waals surface area contributed by atoms with E-state index in [0.29, 0.717) is 0 Å². The molecular formula is C20H17BrN4S. The summed E-state index contributed by atoms with van der Waals surface area (Å²) in [7, 11) is 0. The van der Waals surface area contributed by atoms with Crippen LogP contribution in [0.25, 0.3) is 16.9 Å². The van der Waals surface area contributed by atoms with Gasteiger partial charge in [0.05, 0.1) is 17.7 Å². The summed E-state index contributed by atoms with van der Waals surface area (Å²) in [4.78, 5) is 11.3. The number of benzene rings is 2. The summed E-state index contributed by atoms with van der Waals surface area (Å²) in [5, 5.41) is 3.11. The van der Waals surface area contributed by atoms with E-state index in [1.165, 1.54) is 0 Å². The van der Waals surface area contributed by atoms with Crippen LogP contribution < -0.4 is 4.90 Å². The van der Waals surface area contributed by atoms with Crippen molar-refractivity contribution >= 4 is 38.1 Å². The van der Waals surface area contributed by atoms with Crippen molar-refractivity contribution in [2.45, 2.75) is 6.92 Å². The molecule has 0 bridgehead atoms. The van der Waals surface area contributed by atoms with Gasteiger partial charge in [-0.3, -0.25) is 0 Å². The van der Waals surface area contributed by atoms with Crippen molar-refractivity contribution in [3.8, 4) is 16.9 Å². The lowest BCUT2D eigenvalue weighted by Gasteiger charge is -2.20. The minimum absolute atomic E-state index is 0.859. The fraction of sp³-hybridized carbons (Fsp3) is 0.100. The van der Waals surface area contributed by atoms with Gasteiger partial charge < -0.3 is 9.47 Å². The molecular weight excluding hydrogens is 408 g/mol. The van der Waals surface area contributed by atoms with Gasteiger partial charge in [0.2, 0.25) is 0 Å². The number of para-hydroxylation sites is 1. The number of imidazole rings is 1. The topological polar surface area (TPSA) is 34.0 Å². The molecule has 0 aliphatic heterocycles. The Morgan fingerprint density at radius 2 is 1.92 bits per heavy atom. The maximum Gasteiger partial charge on any atom is 0.190 e. The Labute approximate surface area is 164 Å². The van der Waals surface area contributed by atoms with E-state index in [1.807, 2.05) is 29.2 Å². The molecule has 0 radical (unpaired) electrons. The van der Waals surface area contributed by atoms with Crippen LogP contribution in [0.2, 0.25) is 0 Å². The molecule has 2 heterocycles. The number of halogens is 1. The number of aromatic nitrogens is 3. The average molecular weight is 425 g/mol. The normalized spacial score (nSPS) is 10.8. The predicted octanol–water partition coefficient (Wildman–Crippen LogP) is 5.92. The third-order valence-electron chi connectivity index (χ3n) is 4.14. The minimum Gasteiger partial charge on any atom is -0.318 e. The van der Waals surface area contributed by atoms with Gasteiger partial charge in [-0.1, -0.05) is 34.1 Å². The Kier molecular flexibility index (Phi) is 4.86. The summed E-state index contributed by atoms with van der Waals surface area (Å²) < 4.78 is 3.09. The fourth-order valence-electron chi connectivity index (χ4n) is 2.88. The highest BCUT2D eigenvalue weighted by Crippen LogP contribution is 2.34. The monoisotopic (exact) mass is 424 g/mol. The van der Waals surface area contributed by atoms with Crippen LogP contribution in [0, 0.1) is 0 Å². The van der Waals surface area contributed by atoms with Crippen LogP contribution in [0.5, 0.6) is 0 Å². The maximum atomic E-state index is 4.92. The van der Waals surface area contributed by atoms with Gasteiger partial charge in [-0.2, -0.15) is 0 Å². The Morgan fingerprint density at radius 3 is 2.65 bits per heavy atom. The molecule has 0 saturated heterocycles. The zero-order valence-electron chi connectivity index (χ0n) is 14.2. The SMILES string of the molecule is CCN(c1ccc(Br)cc1)c1nc(-c2ccccc2-n2ccnc2)cs1. The smallest absolute Gasteiger partial charge is 0.190 e. The van der Waals surface area contributed by atoms with Crippen LogP contribution in [0.4, 0.5) is 10.8 Å². The van der Waals surface area contributed by atoms with Crippen LogP contribution in [-0.4, -0.2) is 21.1 Å². The second kappa shape index (κ2) is 7.43. The molecule has 0 aliphatic rings. The molecule has 0 aliphatic carbocycles. The van der Waals surface area contributed by atoms with Crippen LogP contribution >= 0.6 is 27.3 Å². The van der Waals surface area contributed by atoms with E-state index in [1.54, 1.807) is 17.5 Å². The number of nitrogens with zero attached hydrogens (tertiary/aromatic N) is 4. The first-order chi connectivity index (χ1) is 12.8. The molecule has 0 spiro atoms. The number of hydrogen-bond acceptors (Lipinski definition) is 4. The third kappa shape index (κ3) is 3.30. The molecule has 2 aromatic carbocycles. The highest BCUT2D eigenvalue weighted by molar-refractivity contribution is 9.10. The first-order valence-electron chi connectivity index (χ1n) is 8.32. The van der Waals surface area contributed by atoms with E-state index in [9.17, 15) is 0 Å². The number of thiazole rings is 1. The van der Waals surface area contributed by atoms with Gasteiger partial charge >= 0.3 is 0 Å². The van der Waals surface area contributed by atoms with Crippen LogP contribution in [-0.2, 0) is 0 Å². The lowest BCUT2D eigenvalue weighted by molar-refractivity contribution is 1.01. The van der Waals surface area contributed by atoms with Crippen molar-refractivity contribution in [2.75, 3.05) is 11.4 Å². The standard InChI is InChI=1S/C20H17BrN4S/c1-2-25(16-9-7-15(21)8-10-16)20-23-18(13-26-20)17-5-3-4-6-19(17)24-12-11-22-14-24/h3-14H,2H2,1H3. The predicted molar refractivity (Wildman–Crippen MR) is 111 cm³/mol. The molecule has 2 aromatic heterocycles. The fourth-order valence-corrected chi connectivity index (χ4v) is 4.05. The quantitative estimate of drug-likeness (QED) is 0.398. The van der Waals surface area contributed by atoms with Crippen molar-refractivity contribution < 1.29 is 0 Å². The lowest BCUT2D eigenvalue weighted by atomic mass is 10.1.